The lowest BCUT2D eigenvalue weighted by atomic mass is 9.55. The molecule has 0 radical (unpaired) electrons. The Bertz CT molecular complexity index is 3650. The van der Waals surface area contributed by atoms with E-state index in [1.807, 2.05) is 11.3 Å². The highest BCUT2D eigenvalue weighted by Gasteiger charge is 2.53. The predicted octanol–water partition coefficient (Wildman–Crippen LogP) is 17.5. The van der Waals surface area contributed by atoms with Crippen molar-refractivity contribution < 1.29 is 0 Å². The minimum absolute atomic E-state index is 0.156. The second kappa shape index (κ2) is 14.9. The molecule has 0 amide bonds. The summed E-state index contributed by atoms with van der Waals surface area (Å²) in [5, 5.41) is 2.54. The standard InChI is InChI=1S/C64H45NS/c1-63(2)54-31-14-16-33-56(54)64(57-34-17-15-32-55(57)63)52-30-13-10-27-48(52)51-41-43(39-40-53(51)64)65(59-36-20-38-61-62(59)50-29-12-19-37-60(50)66-61)58-35-18-11-28-49(58)47-26-9-8-25-46(47)45-24-7-6-23-44(45)42-21-4-3-5-22-42/h3-41H,1-2H3. The van der Waals surface area contributed by atoms with Crippen molar-refractivity contribution >= 4 is 48.6 Å². The normalized spacial score (nSPS) is 13.8. The fourth-order valence-electron chi connectivity index (χ4n) is 11.8. The SMILES string of the molecule is CC1(C)c2ccccc2C2(c3ccccc3-c3cc(N(c4ccccc4-c4ccccc4-c4ccccc4-c4ccccc4)c4cccc5sc6ccccc6c45)ccc32)c2ccccc21. The Morgan fingerprint density at radius 3 is 1.53 bits per heavy atom. The summed E-state index contributed by atoms with van der Waals surface area (Å²) < 4.78 is 2.57. The number of nitrogens with zero attached hydrogens (tertiary/aromatic N) is 1. The zero-order valence-electron chi connectivity index (χ0n) is 36.9. The Morgan fingerprint density at radius 2 is 0.818 bits per heavy atom. The number of hydrogen-bond acceptors (Lipinski definition) is 2. The number of fused-ring (bicyclic) bond motifs is 12. The molecule has 0 aliphatic heterocycles. The maximum Gasteiger partial charge on any atom is 0.0719 e. The molecular weight excluding hydrogens is 815 g/mol. The molecule has 13 rings (SSSR count). The molecule has 2 aliphatic rings. The van der Waals surface area contributed by atoms with E-state index >= 15 is 0 Å². The summed E-state index contributed by atoms with van der Waals surface area (Å²) in [7, 11) is 0. The van der Waals surface area contributed by atoms with E-state index in [2.05, 4.69) is 255 Å². The van der Waals surface area contributed by atoms with E-state index in [-0.39, 0.29) is 5.41 Å². The highest BCUT2D eigenvalue weighted by atomic mass is 32.1. The van der Waals surface area contributed by atoms with Crippen LogP contribution in [0.3, 0.4) is 0 Å². The van der Waals surface area contributed by atoms with Gasteiger partial charge in [0.2, 0.25) is 0 Å². The second-order valence-electron chi connectivity index (χ2n) is 18.3. The molecule has 0 atom stereocenters. The van der Waals surface area contributed by atoms with Gasteiger partial charge >= 0.3 is 0 Å². The van der Waals surface area contributed by atoms with Gasteiger partial charge in [-0.2, -0.15) is 0 Å². The molecule has 10 aromatic carbocycles. The Kier molecular flexibility index (Phi) is 8.72. The van der Waals surface area contributed by atoms with Crippen molar-refractivity contribution in [1.82, 2.24) is 0 Å². The molecule has 0 unspecified atom stereocenters. The number of rotatable bonds is 6. The summed E-state index contributed by atoms with van der Waals surface area (Å²) in [6, 6.07) is 88.3. The number of para-hydroxylation sites is 1. The molecule has 2 aliphatic carbocycles. The van der Waals surface area contributed by atoms with E-state index in [0.29, 0.717) is 0 Å². The van der Waals surface area contributed by atoms with Gasteiger partial charge in [-0.05, 0) is 109 Å². The Hall–Kier alpha value is -7.78. The third-order valence-electron chi connectivity index (χ3n) is 14.6. The van der Waals surface area contributed by atoms with Gasteiger partial charge in [-0.3, -0.25) is 0 Å². The van der Waals surface area contributed by atoms with E-state index in [9.17, 15) is 0 Å². The first-order valence-corrected chi connectivity index (χ1v) is 23.8. The summed E-state index contributed by atoms with van der Waals surface area (Å²) in [5.74, 6) is 0. The lowest BCUT2D eigenvalue weighted by Gasteiger charge is -2.46. The quantitative estimate of drug-likeness (QED) is 0.161. The van der Waals surface area contributed by atoms with Crippen LogP contribution < -0.4 is 4.90 Å². The molecule has 11 aromatic rings. The fourth-order valence-corrected chi connectivity index (χ4v) is 12.9. The lowest BCUT2D eigenvalue weighted by molar-refractivity contribution is 0.563. The molecule has 0 saturated heterocycles. The van der Waals surface area contributed by atoms with Crippen LogP contribution in [-0.4, -0.2) is 0 Å². The van der Waals surface area contributed by atoms with Gasteiger partial charge < -0.3 is 4.90 Å². The van der Waals surface area contributed by atoms with Gasteiger partial charge in [-0.25, -0.2) is 0 Å². The van der Waals surface area contributed by atoms with Gasteiger partial charge in [0.1, 0.15) is 0 Å². The molecule has 0 saturated carbocycles. The summed E-state index contributed by atoms with van der Waals surface area (Å²) in [6.45, 7) is 4.79. The van der Waals surface area contributed by atoms with E-state index in [4.69, 9.17) is 0 Å². The minimum atomic E-state index is -0.468. The molecular formula is C64H45NS. The summed E-state index contributed by atoms with van der Waals surface area (Å²) >= 11 is 1.87. The smallest absolute Gasteiger partial charge is 0.0719 e. The van der Waals surface area contributed by atoms with Gasteiger partial charge in [0.25, 0.3) is 0 Å². The van der Waals surface area contributed by atoms with Crippen LogP contribution in [-0.2, 0) is 10.8 Å². The molecule has 0 fully saturated rings. The lowest BCUT2D eigenvalue weighted by Crippen LogP contribution is -2.40. The van der Waals surface area contributed by atoms with Gasteiger partial charge in [-0.15, -0.1) is 11.3 Å². The van der Waals surface area contributed by atoms with Crippen LogP contribution in [0.5, 0.6) is 0 Å². The van der Waals surface area contributed by atoms with Crippen molar-refractivity contribution in [3.63, 3.8) is 0 Å². The fraction of sp³-hybridized carbons (Fsp3) is 0.0625. The Morgan fingerprint density at radius 1 is 0.333 bits per heavy atom. The minimum Gasteiger partial charge on any atom is -0.309 e. The van der Waals surface area contributed by atoms with Crippen LogP contribution in [0.2, 0.25) is 0 Å². The first kappa shape index (κ1) is 38.7. The average molecular weight is 860 g/mol. The Labute approximate surface area is 390 Å². The monoisotopic (exact) mass is 859 g/mol. The first-order valence-electron chi connectivity index (χ1n) is 23.0. The van der Waals surface area contributed by atoms with Crippen LogP contribution in [0.1, 0.15) is 47.2 Å². The van der Waals surface area contributed by atoms with Gasteiger partial charge in [0.15, 0.2) is 0 Å². The first-order chi connectivity index (χ1) is 32.5. The zero-order valence-corrected chi connectivity index (χ0v) is 37.7. The maximum absolute atomic E-state index is 2.55. The van der Waals surface area contributed by atoms with Crippen LogP contribution in [0.4, 0.5) is 17.1 Å². The molecule has 1 heterocycles. The number of hydrogen-bond donors (Lipinski definition) is 0. The van der Waals surface area contributed by atoms with Crippen LogP contribution in [0.25, 0.3) is 64.7 Å². The molecule has 1 nitrogen and oxygen atoms in total. The molecule has 1 aromatic heterocycles. The van der Waals surface area contributed by atoms with Gasteiger partial charge in [0, 0.05) is 36.8 Å². The van der Waals surface area contributed by atoms with Crippen molar-refractivity contribution in [3.8, 4) is 44.5 Å². The summed E-state index contributed by atoms with van der Waals surface area (Å²) in [5.41, 5.74) is 20.7. The van der Waals surface area contributed by atoms with Crippen molar-refractivity contribution in [2.24, 2.45) is 0 Å². The third kappa shape index (κ3) is 5.52. The van der Waals surface area contributed by atoms with Gasteiger partial charge in [0.05, 0.1) is 16.8 Å². The summed E-state index contributed by atoms with van der Waals surface area (Å²) in [6.07, 6.45) is 0. The molecule has 312 valence electrons. The number of anilines is 3. The van der Waals surface area contributed by atoms with E-state index < -0.39 is 5.41 Å². The number of thiophene rings is 1. The molecule has 0 N–H and O–H groups in total. The average Bonchev–Trinajstić information content (AvgIpc) is 3.91. The predicted molar refractivity (Wildman–Crippen MR) is 280 cm³/mol. The van der Waals surface area contributed by atoms with Crippen LogP contribution >= 0.6 is 11.3 Å². The van der Waals surface area contributed by atoms with E-state index in [1.54, 1.807) is 0 Å². The van der Waals surface area contributed by atoms with Crippen molar-refractivity contribution in [2.75, 3.05) is 4.90 Å². The second-order valence-corrected chi connectivity index (χ2v) is 19.4. The Balaban J connectivity index is 1.09. The summed E-state index contributed by atoms with van der Waals surface area (Å²) in [4.78, 5) is 2.55. The topological polar surface area (TPSA) is 3.24 Å². The molecule has 2 heteroatoms. The highest BCUT2D eigenvalue weighted by molar-refractivity contribution is 7.26. The molecule has 1 spiro atoms. The van der Waals surface area contributed by atoms with Crippen molar-refractivity contribution in [2.45, 2.75) is 24.7 Å². The molecule has 0 bridgehead atoms. The third-order valence-corrected chi connectivity index (χ3v) is 15.7. The van der Waals surface area contributed by atoms with Crippen LogP contribution in [0.15, 0.2) is 237 Å². The van der Waals surface area contributed by atoms with Gasteiger partial charge in [-0.1, -0.05) is 214 Å². The maximum atomic E-state index is 2.55. The van der Waals surface area contributed by atoms with E-state index in [1.165, 1.54) is 98.1 Å². The largest absolute Gasteiger partial charge is 0.309 e. The number of benzene rings is 10. The van der Waals surface area contributed by atoms with Crippen molar-refractivity contribution in [1.29, 1.82) is 0 Å². The zero-order chi connectivity index (χ0) is 44.0. The highest BCUT2D eigenvalue weighted by Crippen LogP contribution is 2.63. The molecule has 66 heavy (non-hydrogen) atoms. The van der Waals surface area contributed by atoms with E-state index in [0.717, 1.165) is 17.1 Å². The van der Waals surface area contributed by atoms with Crippen molar-refractivity contribution in [3.05, 3.63) is 270 Å². The van der Waals surface area contributed by atoms with Crippen LogP contribution in [0, 0.1) is 0 Å².